The summed E-state index contributed by atoms with van der Waals surface area (Å²) in [5.41, 5.74) is 1.37. The fourth-order valence-electron chi connectivity index (χ4n) is 4.40. The van der Waals surface area contributed by atoms with Gasteiger partial charge in [-0.05, 0) is 49.0 Å². The van der Waals surface area contributed by atoms with Crippen LogP contribution in [0.25, 0.3) is 0 Å². The number of Topliss-reactive ketones (excluding diaryl/α,β-unsaturated/α-hetero) is 1. The maximum atomic E-state index is 12.2. The molecule has 3 rings (SSSR count). The minimum absolute atomic E-state index is 0.211. The van der Waals surface area contributed by atoms with Gasteiger partial charge in [0.15, 0.2) is 0 Å². The third-order valence-corrected chi connectivity index (χ3v) is 5.89. The Hall–Kier alpha value is -1.94. The SMILES string of the molecule is COC(=O)CCOCCC[C@@H]1C(=O)C[C@H]2C(C=CCCc3ccccc3)[C@@H]12. The molecule has 2 saturated carbocycles. The molecule has 2 aliphatic rings. The largest absolute Gasteiger partial charge is 0.469 e. The van der Waals surface area contributed by atoms with Crippen molar-refractivity contribution in [1.29, 1.82) is 0 Å². The molecular weight excluding hydrogens is 340 g/mol. The Balaban J connectivity index is 1.32. The van der Waals surface area contributed by atoms with E-state index in [0.29, 0.717) is 43.2 Å². The second-order valence-electron chi connectivity index (χ2n) is 7.63. The van der Waals surface area contributed by atoms with Crippen molar-refractivity contribution in [3.8, 4) is 0 Å². The molecule has 4 atom stereocenters. The first-order chi connectivity index (χ1) is 13.2. The zero-order chi connectivity index (χ0) is 19.1. The van der Waals surface area contributed by atoms with Crippen molar-refractivity contribution < 1.29 is 19.1 Å². The van der Waals surface area contributed by atoms with Crippen molar-refractivity contribution in [3.63, 3.8) is 0 Å². The van der Waals surface area contributed by atoms with Crippen LogP contribution in [0.5, 0.6) is 0 Å². The van der Waals surface area contributed by atoms with E-state index in [0.717, 1.165) is 32.1 Å². The minimum Gasteiger partial charge on any atom is -0.469 e. The van der Waals surface area contributed by atoms with Crippen molar-refractivity contribution in [2.75, 3.05) is 20.3 Å². The molecule has 1 unspecified atom stereocenters. The first-order valence-electron chi connectivity index (χ1n) is 10.1. The molecule has 1 aromatic rings. The van der Waals surface area contributed by atoms with Gasteiger partial charge in [0.05, 0.1) is 20.1 Å². The highest BCUT2D eigenvalue weighted by molar-refractivity contribution is 5.85. The molecule has 1 aromatic carbocycles. The zero-order valence-corrected chi connectivity index (χ0v) is 16.1. The first-order valence-corrected chi connectivity index (χ1v) is 10.1. The summed E-state index contributed by atoms with van der Waals surface area (Å²) in [5, 5.41) is 0. The lowest BCUT2D eigenvalue weighted by atomic mass is 9.93. The van der Waals surface area contributed by atoms with E-state index in [1.54, 1.807) is 0 Å². The summed E-state index contributed by atoms with van der Waals surface area (Å²) < 4.78 is 10.1. The quantitative estimate of drug-likeness (QED) is 0.336. The number of esters is 1. The number of ketones is 1. The summed E-state index contributed by atoms with van der Waals surface area (Å²) in [6.45, 7) is 1.000. The highest BCUT2D eigenvalue weighted by Crippen LogP contribution is 2.60. The third-order valence-electron chi connectivity index (χ3n) is 5.89. The Kier molecular flexibility index (Phi) is 7.22. The predicted octanol–water partition coefficient (Wildman–Crippen LogP) is 3.99. The van der Waals surface area contributed by atoms with Crippen LogP contribution in [0.3, 0.4) is 0 Å². The zero-order valence-electron chi connectivity index (χ0n) is 16.1. The van der Waals surface area contributed by atoms with Gasteiger partial charge in [-0.3, -0.25) is 9.59 Å². The Morgan fingerprint density at radius 2 is 2.04 bits per heavy atom. The number of benzene rings is 1. The van der Waals surface area contributed by atoms with Crippen molar-refractivity contribution >= 4 is 11.8 Å². The molecule has 2 aliphatic carbocycles. The van der Waals surface area contributed by atoms with E-state index in [-0.39, 0.29) is 11.9 Å². The summed E-state index contributed by atoms with van der Waals surface area (Å²) in [5.74, 6) is 2.14. The van der Waals surface area contributed by atoms with Gasteiger partial charge in [0.25, 0.3) is 0 Å². The molecule has 0 N–H and O–H groups in total. The van der Waals surface area contributed by atoms with Gasteiger partial charge >= 0.3 is 5.97 Å². The second-order valence-corrected chi connectivity index (χ2v) is 7.63. The predicted molar refractivity (Wildman–Crippen MR) is 104 cm³/mol. The fraction of sp³-hybridized carbons (Fsp3) is 0.565. The molecule has 0 amide bonds. The fourth-order valence-corrected chi connectivity index (χ4v) is 4.40. The minimum atomic E-state index is -0.247. The molecule has 27 heavy (non-hydrogen) atoms. The van der Waals surface area contributed by atoms with Crippen LogP contribution < -0.4 is 0 Å². The molecule has 0 aromatic heterocycles. The molecule has 0 saturated heterocycles. The smallest absolute Gasteiger partial charge is 0.307 e. The molecule has 0 radical (unpaired) electrons. The molecular formula is C23H30O4. The average Bonchev–Trinajstić information content (AvgIpc) is 3.25. The van der Waals surface area contributed by atoms with Gasteiger partial charge in [-0.1, -0.05) is 42.5 Å². The number of allylic oxidation sites excluding steroid dienone is 2. The number of fused-ring (bicyclic) bond motifs is 1. The molecule has 0 heterocycles. The summed E-state index contributed by atoms with van der Waals surface area (Å²) in [7, 11) is 1.38. The van der Waals surface area contributed by atoms with E-state index in [1.807, 2.05) is 6.07 Å². The maximum absolute atomic E-state index is 12.2. The van der Waals surface area contributed by atoms with Crippen LogP contribution in [-0.4, -0.2) is 32.1 Å². The Bertz CT molecular complexity index is 652. The van der Waals surface area contributed by atoms with Crippen LogP contribution in [0.15, 0.2) is 42.5 Å². The van der Waals surface area contributed by atoms with E-state index in [9.17, 15) is 9.59 Å². The monoisotopic (exact) mass is 370 g/mol. The number of aryl methyl sites for hydroxylation is 1. The van der Waals surface area contributed by atoms with Gasteiger partial charge in [-0.15, -0.1) is 0 Å². The topological polar surface area (TPSA) is 52.6 Å². The summed E-state index contributed by atoms with van der Waals surface area (Å²) in [6, 6.07) is 10.6. The van der Waals surface area contributed by atoms with E-state index in [2.05, 4.69) is 41.2 Å². The molecule has 0 spiro atoms. The lowest BCUT2D eigenvalue weighted by molar-refractivity contribution is -0.141. The number of carbonyl (C=O) groups is 2. The van der Waals surface area contributed by atoms with Gasteiger partial charge in [0, 0.05) is 18.9 Å². The summed E-state index contributed by atoms with van der Waals surface area (Å²) in [4.78, 5) is 23.2. The van der Waals surface area contributed by atoms with E-state index in [1.165, 1.54) is 12.7 Å². The number of hydrogen-bond acceptors (Lipinski definition) is 4. The number of ether oxygens (including phenoxy) is 2. The maximum Gasteiger partial charge on any atom is 0.307 e. The molecule has 0 bridgehead atoms. The van der Waals surface area contributed by atoms with Crippen LogP contribution in [0, 0.1) is 23.7 Å². The second kappa shape index (κ2) is 9.84. The first kappa shape index (κ1) is 19.8. The molecule has 146 valence electrons. The normalized spacial score (nSPS) is 26.3. The van der Waals surface area contributed by atoms with Crippen LogP contribution >= 0.6 is 0 Å². The number of hydrogen-bond donors (Lipinski definition) is 0. The van der Waals surface area contributed by atoms with Crippen molar-refractivity contribution in [2.45, 2.75) is 38.5 Å². The third kappa shape index (κ3) is 5.52. The van der Waals surface area contributed by atoms with Gasteiger partial charge in [0.1, 0.15) is 5.78 Å². The highest BCUT2D eigenvalue weighted by Gasteiger charge is 2.59. The molecule has 4 nitrogen and oxygen atoms in total. The summed E-state index contributed by atoms with van der Waals surface area (Å²) >= 11 is 0. The number of carbonyl (C=O) groups excluding carboxylic acids is 2. The van der Waals surface area contributed by atoms with Gasteiger partial charge in [-0.2, -0.15) is 0 Å². The van der Waals surface area contributed by atoms with Crippen LogP contribution in [0.4, 0.5) is 0 Å². The van der Waals surface area contributed by atoms with E-state index >= 15 is 0 Å². The van der Waals surface area contributed by atoms with Crippen LogP contribution in [0.1, 0.15) is 37.7 Å². The lowest BCUT2D eigenvalue weighted by Crippen LogP contribution is -2.15. The Labute approximate surface area is 161 Å². The van der Waals surface area contributed by atoms with Crippen molar-refractivity contribution in [1.82, 2.24) is 0 Å². The van der Waals surface area contributed by atoms with Crippen molar-refractivity contribution in [2.24, 2.45) is 23.7 Å². The highest BCUT2D eigenvalue weighted by atomic mass is 16.5. The Morgan fingerprint density at radius 1 is 1.22 bits per heavy atom. The lowest BCUT2D eigenvalue weighted by Gasteiger charge is -2.12. The number of methoxy groups -OCH3 is 1. The molecule has 0 aliphatic heterocycles. The van der Waals surface area contributed by atoms with Gasteiger partial charge in [0.2, 0.25) is 0 Å². The number of rotatable bonds is 11. The van der Waals surface area contributed by atoms with Gasteiger partial charge in [-0.25, -0.2) is 0 Å². The molecule has 2 fully saturated rings. The van der Waals surface area contributed by atoms with Crippen LogP contribution in [0.2, 0.25) is 0 Å². The van der Waals surface area contributed by atoms with Crippen LogP contribution in [-0.2, 0) is 25.5 Å². The summed E-state index contributed by atoms with van der Waals surface area (Å²) in [6.07, 6.45) is 9.62. The van der Waals surface area contributed by atoms with E-state index in [4.69, 9.17) is 4.74 Å². The average molecular weight is 370 g/mol. The van der Waals surface area contributed by atoms with Gasteiger partial charge < -0.3 is 9.47 Å². The standard InChI is InChI=1S/C23H30O4/c1-26-22(25)13-15-27-14-7-12-19-21(24)16-20-18(23(19)20)11-6-5-10-17-8-3-2-4-9-17/h2-4,6,8-9,11,18-20,23H,5,7,10,12-16H2,1H3/t18?,19-,20+,23+/m1/s1. The van der Waals surface area contributed by atoms with Crippen molar-refractivity contribution in [3.05, 3.63) is 48.0 Å². The molecule has 4 heteroatoms. The Morgan fingerprint density at radius 3 is 2.81 bits per heavy atom. The van der Waals surface area contributed by atoms with E-state index < -0.39 is 0 Å².